The maximum Gasteiger partial charge on any atom is 0.179 e. The lowest BCUT2D eigenvalue weighted by atomic mass is 10.0. The largest absolute Gasteiger partial charge is 0.303 e. The zero-order valence-corrected chi connectivity index (χ0v) is 84.8. The molecular weight excluding hydrogens is 1770 g/mol. The van der Waals surface area contributed by atoms with Crippen LogP contribution in [0, 0.1) is 0 Å². The molecule has 0 aliphatic carbocycles. The molecule has 0 aromatic heterocycles. The van der Waals surface area contributed by atoms with Crippen molar-refractivity contribution in [2.24, 2.45) is 0 Å². The number of carbonyl (C=O) groups excluding carboxylic acids is 8. The van der Waals surface area contributed by atoms with Crippen molar-refractivity contribution in [2.45, 2.75) is 314 Å². The molecule has 8 atom stereocenters. The number of carbonyl (C=O) groups is 8. The van der Waals surface area contributed by atoms with E-state index in [2.05, 4.69) is 42.5 Å². The first-order valence-corrected chi connectivity index (χ1v) is 43.7. The Bertz CT molecular complexity index is 5350. The van der Waals surface area contributed by atoms with Crippen molar-refractivity contribution in [3.63, 3.8) is 0 Å². The summed E-state index contributed by atoms with van der Waals surface area (Å²) in [5.41, 5.74) is -3.29. The van der Waals surface area contributed by atoms with Gasteiger partial charge in [-0.15, -0.1) is 0 Å². The number of nitrogens with one attached hydrogen (secondary N) is 8. The fourth-order valence-corrected chi connectivity index (χ4v) is 12.7. The van der Waals surface area contributed by atoms with Crippen LogP contribution in [0.2, 0.25) is 40.2 Å². The highest BCUT2D eigenvalue weighted by atomic mass is 35.5. The maximum absolute atomic E-state index is 12.5. The van der Waals surface area contributed by atoms with Crippen LogP contribution >= 0.6 is 92.8 Å². The molecule has 0 aliphatic rings. The van der Waals surface area contributed by atoms with E-state index in [-0.39, 0.29) is 78.3 Å². The predicted octanol–water partition coefficient (Wildman–Crippen LogP) is 26.4. The number of Topliss-reactive ketones (excluding diaryl/α,β-unsaturated/α-hetero) is 8. The van der Waals surface area contributed by atoms with Crippen LogP contribution in [0.3, 0.4) is 0 Å². The Kier molecular flexibility index (Phi) is 37.2. The second-order valence-electron chi connectivity index (χ2n) is 36.7. The van der Waals surface area contributed by atoms with Gasteiger partial charge in [-0.2, -0.15) is 0 Å². The lowest BCUT2D eigenvalue weighted by Crippen LogP contribution is -2.46. The van der Waals surface area contributed by atoms with Crippen LogP contribution in [0.5, 0.6) is 0 Å². The fourth-order valence-electron chi connectivity index (χ4n) is 11.2. The Morgan fingerprint density at radius 3 is 0.445 bits per heavy atom. The second-order valence-corrected chi connectivity index (χ2v) is 40.2. The molecule has 8 aromatic rings. The van der Waals surface area contributed by atoms with Gasteiger partial charge in [0.1, 0.15) is 0 Å². The molecule has 0 bridgehead atoms. The molecule has 0 fully saturated rings. The Morgan fingerprint density at radius 2 is 0.328 bits per heavy atom. The topological polar surface area (TPSA) is 233 Å². The van der Waals surface area contributed by atoms with Gasteiger partial charge in [-0.1, -0.05) is 190 Å². The van der Waals surface area contributed by atoms with E-state index in [0.29, 0.717) is 63.0 Å². The SMILES string of the molecule is [2H]C(C)(NC(C)(C([2H])([2H])[2H])C([2H])([2H])[2H])C(=O)c1cccc(Cl)c1.[2H]C(C)(NC(C)(C)C([2H])([2H])[2H])C(=O)c1cccc(Cl)c1.[2H]C(C)(NC(C)(C)C)C(=O)c1cccc(Cl)c1.[2H]C(C)(NC(C)(C)C)C(=O)c1cccc(Cl)c1.[2H]C([2H])([2H])[C@@]([2H])(NC(C)(C)C)C(=O)c1cccc(Cl)c1.[2H][C@@](C)(NC(C)(C)C)C(=O)c1cccc(Cl)c1.[2H][C@@](C)(NC(C)(C)C)C(=O)c1cccc(Cl)c1.[2H][C@](C)(NC(C)(C)C)C(=O)c1cccc(Cl)c1. The first-order valence-electron chi connectivity index (χ1n) is 50.7. The minimum Gasteiger partial charge on any atom is -0.303 e. The van der Waals surface area contributed by atoms with Crippen molar-refractivity contribution in [2.75, 3.05) is 0 Å². The molecule has 704 valence electrons. The van der Waals surface area contributed by atoms with E-state index in [4.69, 9.17) is 120 Å². The highest BCUT2D eigenvalue weighted by Gasteiger charge is 2.28. The molecule has 0 saturated carbocycles. The Labute approximate surface area is 835 Å². The van der Waals surface area contributed by atoms with Gasteiger partial charge >= 0.3 is 0 Å². The van der Waals surface area contributed by atoms with Crippen molar-refractivity contribution in [1.29, 1.82) is 0 Å². The predicted molar refractivity (Wildman–Crippen MR) is 545 cm³/mol. The van der Waals surface area contributed by atoms with E-state index in [1.807, 2.05) is 104 Å². The van der Waals surface area contributed by atoms with Crippen LogP contribution in [0.1, 0.15) is 332 Å². The van der Waals surface area contributed by atoms with Crippen LogP contribution < -0.4 is 42.5 Å². The average Bonchev–Trinajstić information content (AvgIpc) is 0.735. The fraction of sp³-hybridized carbons (Fsp3) is 0.462. The van der Waals surface area contributed by atoms with E-state index in [9.17, 15) is 38.4 Å². The van der Waals surface area contributed by atoms with Gasteiger partial charge in [0.05, 0.1) is 59.1 Å². The van der Waals surface area contributed by atoms with Crippen LogP contribution in [-0.2, 0) is 0 Å². The maximum atomic E-state index is 12.5. The molecule has 0 aliphatic heterocycles. The number of hydrogen-bond donors (Lipinski definition) is 8. The monoisotopic (exact) mass is 1930 g/mol. The summed E-state index contributed by atoms with van der Waals surface area (Å²) in [6.45, 7) is 37.0. The zero-order valence-electron chi connectivity index (χ0n) is 98.8. The molecule has 8 aromatic carbocycles. The quantitative estimate of drug-likeness (QED) is 0.0263. The van der Waals surface area contributed by atoms with Gasteiger partial charge in [-0.05, 0) is 318 Å². The molecule has 16 nitrogen and oxygen atoms in total. The summed E-state index contributed by atoms with van der Waals surface area (Å²) >= 11 is 46.6. The van der Waals surface area contributed by atoms with Crippen LogP contribution in [-0.4, -0.2) is 139 Å². The van der Waals surface area contributed by atoms with Crippen molar-refractivity contribution in [3.05, 3.63) is 279 Å². The van der Waals surface area contributed by atoms with Gasteiger partial charge in [-0.25, -0.2) is 0 Å². The van der Waals surface area contributed by atoms with Gasteiger partial charge in [-0.3, -0.25) is 38.4 Å². The number of halogens is 8. The Morgan fingerprint density at radius 1 is 0.211 bits per heavy atom. The molecule has 24 heteroatoms. The number of benzene rings is 8. The van der Waals surface area contributed by atoms with E-state index in [1.165, 1.54) is 57.2 Å². The molecule has 0 saturated heterocycles. The molecular formula is C104H144Cl8N8O8. The van der Waals surface area contributed by atoms with E-state index >= 15 is 0 Å². The third-order valence-electron chi connectivity index (χ3n) is 15.6. The second kappa shape index (κ2) is 54.3. The summed E-state index contributed by atoms with van der Waals surface area (Å²) in [7, 11) is 0. The average molecular weight is 1940 g/mol. The molecule has 4 unspecified atom stereocenters. The third-order valence-corrected chi connectivity index (χ3v) is 17.4. The van der Waals surface area contributed by atoms with E-state index in [1.54, 1.807) is 213 Å². The van der Waals surface area contributed by atoms with Gasteiger partial charge in [0.25, 0.3) is 0 Å². The highest BCUT2D eigenvalue weighted by molar-refractivity contribution is 6.33. The first kappa shape index (κ1) is 87.8. The highest BCUT2D eigenvalue weighted by Crippen LogP contribution is 2.23. The van der Waals surface area contributed by atoms with Gasteiger partial charge in [0.15, 0.2) is 46.3 Å². The molecule has 0 spiro atoms. The number of ketones is 8. The molecule has 0 radical (unpaired) electrons. The van der Waals surface area contributed by atoms with Gasteiger partial charge in [0.2, 0.25) is 0 Å². The third kappa shape index (κ3) is 53.0. The summed E-state index contributed by atoms with van der Waals surface area (Å²) in [6.07, 6.45) is 0. The number of rotatable bonds is 24. The summed E-state index contributed by atoms with van der Waals surface area (Å²) in [5.74, 6) is -3.54. The van der Waals surface area contributed by atoms with E-state index < -0.39 is 110 Å². The molecule has 8 rings (SSSR count). The molecule has 0 amide bonds. The molecule has 8 N–H and O–H groups in total. The zero-order chi connectivity index (χ0) is 116. The van der Waals surface area contributed by atoms with Crippen LogP contribution in [0.4, 0.5) is 0 Å². The normalized spacial score (nSPS) is 18.2. The van der Waals surface area contributed by atoms with Crippen LogP contribution in [0.25, 0.3) is 0 Å². The summed E-state index contributed by atoms with van der Waals surface area (Å²) in [4.78, 5) is 98.2. The van der Waals surface area contributed by atoms with Crippen molar-refractivity contribution < 1.29 is 65.8 Å². The van der Waals surface area contributed by atoms with Crippen molar-refractivity contribution in [3.8, 4) is 0 Å². The summed E-state index contributed by atoms with van der Waals surface area (Å²) < 4.78 is 155. The standard InChI is InChI=1S/8C13H18ClNO/c8*1-9(15-13(2,3)4)12(16)10-6-5-7-11(14)8-10/h8*5-9,15H,1-4H3/t4*9-;;;;/m1100..../s1/i1D3,9D;3*9D;2D3,3D3,9D;2D3,9D;2*9D. The van der Waals surface area contributed by atoms with Crippen molar-refractivity contribution >= 4 is 139 Å². The van der Waals surface area contributed by atoms with Crippen LogP contribution in [0.15, 0.2) is 194 Å². The minimum atomic E-state index is -2.95. The number of hydrogen-bond acceptors (Lipinski definition) is 16. The molecule has 128 heavy (non-hydrogen) atoms. The lowest BCUT2D eigenvalue weighted by Gasteiger charge is -2.25. The first-order chi connectivity index (χ1) is 65.9. The lowest BCUT2D eigenvalue weighted by molar-refractivity contribution is 0.0929. The van der Waals surface area contributed by atoms with Gasteiger partial charge in [0, 0.05) is 145 Å². The van der Waals surface area contributed by atoms with Gasteiger partial charge < -0.3 is 42.5 Å². The summed E-state index contributed by atoms with van der Waals surface area (Å²) in [6, 6.07) is 38.2. The van der Waals surface area contributed by atoms with Crippen molar-refractivity contribution in [1.82, 2.24) is 42.5 Å². The Hall–Kier alpha value is -6.88. The smallest absolute Gasteiger partial charge is 0.179 e. The molecule has 0 heterocycles. The Balaban J connectivity index is 0.000000848. The summed E-state index contributed by atoms with van der Waals surface area (Å²) in [5, 5.41) is 25.9. The van der Waals surface area contributed by atoms with E-state index in [0.717, 1.165) is 13.8 Å². The minimum absolute atomic E-state index is 0.0842.